The van der Waals surface area contributed by atoms with Gasteiger partial charge in [-0.1, -0.05) is 6.07 Å². The molecule has 26 heavy (non-hydrogen) atoms. The van der Waals surface area contributed by atoms with E-state index in [0.29, 0.717) is 11.3 Å². The van der Waals surface area contributed by atoms with Gasteiger partial charge < -0.3 is 14.5 Å². The van der Waals surface area contributed by atoms with Crippen molar-refractivity contribution in [1.29, 1.82) is 0 Å². The molecule has 1 spiro atoms. The van der Waals surface area contributed by atoms with Crippen LogP contribution in [0.5, 0.6) is 0 Å². The molecule has 5 nitrogen and oxygen atoms in total. The average molecular weight is 377 g/mol. The van der Waals surface area contributed by atoms with Crippen LogP contribution in [0.1, 0.15) is 48.2 Å². The normalized spacial score (nSPS) is 24.0. The zero-order valence-electron chi connectivity index (χ0n) is 15.3. The van der Waals surface area contributed by atoms with Gasteiger partial charge in [0.05, 0.1) is 4.88 Å². The van der Waals surface area contributed by atoms with Crippen molar-refractivity contribution in [2.45, 2.75) is 38.5 Å². The first-order chi connectivity index (χ1) is 12.7. The fourth-order valence-electron chi connectivity index (χ4n) is 4.64. The van der Waals surface area contributed by atoms with E-state index >= 15 is 0 Å². The summed E-state index contributed by atoms with van der Waals surface area (Å²) in [6.45, 7) is 4.92. The van der Waals surface area contributed by atoms with Gasteiger partial charge in [-0.25, -0.2) is 0 Å². The van der Waals surface area contributed by atoms with Crippen molar-refractivity contribution >= 4 is 23.2 Å². The monoisotopic (exact) mass is 376 g/mol. The number of nitrogens with zero attached hydrogens (tertiary/aromatic N) is 2. The van der Waals surface area contributed by atoms with Gasteiger partial charge in [0, 0.05) is 45.3 Å². The van der Waals surface area contributed by atoms with E-state index in [0.717, 1.165) is 82.8 Å². The number of hydrogen-bond donors (Lipinski definition) is 0. The van der Waals surface area contributed by atoms with Gasteiger partial charge in [-0.05, 0) is 55.4 Å². The highest BCUT2D eigenvalue weighted by Gasteiger charge is 2.40. The standard InChI is InChI=1S/C20H28N2O3S/c23-18(16-3-13-25-14-4-16)21-9-5-20(6-10-21)7-11-22(12-8-20)19(24)17-2-1-15-26-17/h1-2,15-16H,3-14H2. The molecule has 142 valence electrons. The van der Waals surface area contributed by atoms with Gasteiger partial charge >= 0.3 is 0 Å². The molecule has 6 heteroatoms. The average Bonchev–Trinajstić information content (AvgIpc) is 3.24. The van der Waals surface area contributed by atoms with Crippen molar-refractivity contribution < 1.29 is 14.3 Å². The quantitative estimate of drug-likeness (QED) is 0.797. The minimum Gasteiger partial charge on any atom is -0.381 e. The Morgan fingerprint density at radius 2 is 1.62 bits per heavy atom. The van der Waals surface area contributed by atoms with E-state index in [1.165, 1.54) is 11.3 Å². The molecular weight excluding hydrogens is 348 g/mol. The predicted octanol–water partition coefficient (Wildman–Crippen LogP) is 3.02. The lowest BCUT2D eigenvalue weighted by molar-refractivity contribution is -0.141. The maximum Gasteiger partial charge on any atom is 0.263 e. The predicted molar refractivity (Wildman–Crippen MR) is 101 cm³/mol. The Kier molecular flexibility index (Phi) is 5.32. The Morgan fingerprint density at radius 3 is 2.19 bits per heavy atom. The zero-order chi connectivity index (χ0) is 18.0. The van der Waals surface area contributed by atoms with Gasteiger partial charge in [0.15, 0.2) is 0 Å². The largest absolute Gasteiger partial charge is 0.381 e. The molecule has 0 aliphatic carbocycles. The van der Waals surface area contributed by atoms with E-state index in [4.69, 9.17) is 4.74 Å². The number of rotatable bonds is 2. The first kappa shape index (κ1) is 18.0. The Hall–Kier alpha value is -1.40. The minimum atomic E-state index is 0.170. The van der Waals surface area contributed by atoms with Crippen molar-refractivity contribution in [3.05, 3.63) is 22.4 Å². The van der Waals surface area contributed by atoms with E-state index in [1.54, 1.807) is 0 Å². The van der Waals surface area contributed by atoms with Crippen LogP contribution in [0.4, 0.5) is 0 Å². The van der Waals surface area contributed by atoms with Crippen molar-refractivity contribution in [2.24, 2.45) is 11.3 Å². The molecule has 3 aliphatic heterocycles. The van der Waals surface area contributed by atoms with Gasteiger partial charge in [0.2, 0.25) is 5.91 Å². The maximum atomic E-state index is 12.7. The number of carbonyl (C=O) groups is 2. The van der Waals surface area contributed by atoms with Crippen LogP contribution in [0.2, 0.25) is 0 Å². The van der Waals surface area contributed by atoms with Gasteiger partial charge in [0.1, 0.15) is 0 Å². The van der Waals surface area contributed by atoms with Crippen LogP contribution in [0.25, 0.3) is 0 Å². The zero-order valence-corrected chi connectivity index (χ0v) is 16.1. The molecule has 0 saturated carbocycles. The highest BCUT2D eigenvalue weighted by molar-refractivity contribution is 7.12. The third-order valence-electron chi connectivity index (χ3n) is 6.55. The number of piperidine rings is 2. The lowest BCUT2D eigenvalue weighted by Gasteiger charge is -2.47. The molecule has 3 saturated heterocycles. The van der Waals surface area contributed by atoms with Crippen molar-refractivity contribution in [3.8, 4) is 0 Å². The lowest BCUT2D eigenvalue weighted by Crippen LogP contribution is -2.50. The molecule has 4 rings (SSSR count). The molecule has 0 radical (unpaired) electrons. The summed E-state index contributed by atoms with van der Waals surface area (Å²) in [5.74, 6) is 0.693. The third-order valence-corrected chi connectivity index (χ3v) is 7.41. The summed E-state index contributed by atoms with van der Waals surface area (Å²) < 4.78 is 5.38. The van der Waals surface area contributed by atoms with Crippen molar-refractivity contribution in [1.82, 2.24) is 9.80 Å². The van der Waals surface area contributed by atoms with Crippen LogP contribution in [0.15, 0.2) is 17.5 Å². The summed E-state index contributed by atoms with van der Waals surface area (Å²) in [7, 11) is 0. The highest BCUT2D eigenvalue weighted by Crippen LogP contribution is 2.42. The van der Waals surface area contributed by atoms with E-state index in [2.05, 4.69) is 4.90 Å². The molecule has 1 aromatic heterocycles. The maximum absolute atomic E-state index is 12.7. The molecule has 0 unspecified atom stereocenters. The minimum absolute atomic E-state index is 0.170. The number of thiophene rings is 1. The second kappa shape index (κ2) is 7.69. The molecule has 0 N–H and O–H groups in total. The summed E-state index contributed by atoms with van der Waals surface area (Å²) in [6.07, 6.45) is 6.07. The van der Waals surface area contributed by atoms with Crippen LogP contribution in [0, 0.1) is 11.3 Å². The molecule has 3 aliphatic rings. The van der Waals surface area contributed by atoms with Crippen LogP contribution in [0.3, 0.4) is 0 Å². The Labute approximate surface area is 159 Å². The van der Waals surface area contributed by atoms with E-state index < -0.39 is 0 Å². The fourth-order valence-corrected chi connectivity index (χ4v) is 5.34. The first-order valence-corrected chi connectivity index (χ1v) is 10.7. The van der Waals surface area contributed by atoms with E-state index in [9.17, 15) is 9.59 Å². The molecular formula is C20H28N2O3S. The van der Waals surface area contributed by atoms with Gasteiger partial charge in [-0.3, -0.25) is 9.59 Å². The summed E-state index contributed by atoms with van der Waals surface area (Å²) in [6, 6.07) is 3.85. The lowest BCUT2D eigenvalue weighted by atomic mass is 9.71. The Morgan fingerprint density at radius 1 is 1.00 bits per heavy atom. The summed E-state index contributed by atoms with van der Waals surface area (Å²) in [5.41, 5.74) is 0.332. The highest BCUT2D eigenvalue weighted by atomic mass is 32.1. The molecule has 4 heterocycles. The third kappa shape index (κ3) is 3.67. The topological polar surface area (TPSA) is 49.9 Å². The summed E-state index contributed by atoms with van der Waals surface area (Å²) in [4.78, 5) is 30.2. The number of hydrogen-bond acceptors (Lipinski definition) is 4. The molecule has 1 aromatic rings. The smallest absolute Gasteiger partial charge is 0.263 e. The molecule has 0 atom stereocenters. The fraction of sp³-hybridized carbons (Fsp3) is 0.700. The number of carbonyl (C=O) groups excluding carboxylic acids is 2. The van der Waals surface area contributed by atoms with Crippen molar-refractivity contribution in [3.63, 3.8) is 0 Å². The van der Waals surface area contributed by atoms with Crippen LogP contribution in [-0.2, 0) is 9.53 Å². The Balaban J connectivity index is 1.28. The van der Waals surface area contributed by atoms with E-state index in [-0.39, 0.29) is 11.8 Å². The molecule has 0 aromatic carbocycles. The second-order valence-electron chi connectivity index (χ2n) is 7.98. The number of amides is 2. The molecule has 2 amide bonds. The Bertz CT molecular complexity index is 621. The van der Waals surface area contributed by atoms with Crippen LogP contribution >= 0.6 is 11.3 Å². The van der Waals surface area contributed by atoms with Crippen LogP contribution in [-0.4, -0.2) is 61.0 Å². The number of ether oxygens (including phenoxy) is 1. The summed E-state index contributed by atoms with van der Waals surface area (Å²) in [5, 5.41) is 1.96. The van der Waals surface area contributed by atoms with Gasteiger partial charge in [-0.15, -0.1) is 11.3 Å². The van der Waals surface area contributed by atoms with Crippen molar-refractivity contribution in [2.75, 3.05) is 39.4 Å². The van der Waals surface area contributed by atoms with Gasteiger partial charge in [0.25, 0.3) is 5.91 Å². The first-order valence-electron chi connectivity index (χ1n) is 9.86. The second-order valence-corrected chi connectivity index (χ2v) is 8.93. The number of likely N-dealkylation sites (tertiary alicyclic amines) is 2. The van der Waals surface area contributed by atoms with Gasteiger partial charge in [-0.2, -0.15) is 0 Å². The SMILES string of the molecule is O=C(c1cccs1)N1CCC2(CC1)CCN(C(=O)C1CCOCC1)CC2. The molecule has 0 bridgehead atoms. The van der Waals surface area contributed by atoms with Crippen LogP contribution < -0.4 is 0 Å². The summed E-state index contributed by atoms with van der Waals surface area (Å²) >= 11 is 1.52. The van der Waals surface area contributed by atoms with E-state index in [1.807, 2.05) is 22.4 Å². The molecule has 3 fully saturated rings.